The van der Waals surface area contributed by atoms with E-state index in [-0.39, 0.29) is 11.8 Å². The van der Waals surface area contributed by atoms with E-state index in [1.807, 2.05) is 41.1 Å². The maximum Gasteiger partial charge on any atom is 0.237 e. The van der Waals surface area contributed by atoms with Gasteiger partial charge in [0.25, 0.3) is 0 Å². The van der Waals surface area contributed by atoms with Crippen molar-refractivity contribution in [3.05, 3.63) is 54.4 Å². The number of fused-ring (bicyclic) bond motifs is 1. The Morgan fingerprint density at radius 1 is 1.00 bits per heavy atom. The van der Waals surface area contributed by atoms with Crippen LogP contribution in [0.2, 0.25) is 0 Å². The highest BCUT2D eigenvalue weighted by Crippen LogP contribution is 2.42. The van der Waals surface area contributed by atoms with Crippen molar-refractivity contribution in [2.75, 3.05) is 75.4 Å². The molecule has 13 heteroatoms. The number of anilines is 2. The minimum atomic E-state index is -0.466. The molecule has 1 atom stereocenters. The maximum atomic E-state index is 13.9. The molecule has 4 aliphatic heterocycles. The third-order valence-corrected chi connectivity index (χ3v) is 9.94. The highest BCUT2D eigenvalue weighted by molar-refractivity contribution is 6.01. The summed E-state index contributed by atoms with van der Waals surface area (Å²) in [5, 5.41) is 12.0. The predicted octanol–water partition coefficient (Wildman–Crippen LogP) is 2.33. The van der Waals surface area contributed by atoms with E-state index in [2.05, 4.69) is 48.3 Å². The number of nitrogens with one attached hydrogen (secondary N) is 1. The average Bonchev–Trinajstić information content (AvgIpc) is 3.89. The molecule has 46 heavy (non-hydrogen) atoms. The molecular formula is C33H38N10O3. The number of amides is 2. The number of ether oxygens (including phenoxy) is 1. The minimum Gasteiger partial charge on any atom is -0.378 e. The normalized spacial score (nSPS) is 22.4. The van der Waals surface area contributed by atoms with E-state index >= 15 is 0 Å². The van der Waals surface area contributed by atoms with E-state index in [4.69, 9.17) is 9.72 Å². The summed E-state index contributed by atoms with van der Waals surface area (Å²) in [7, 11) is 1.86. The Morgan fingerprint density at radius 3 is 2.57 bits per heavy atom. The number of hydrogen-bond donors (Lipinski definition) is 1. The molecule has 13 nitrogen and oxygen atoms in total. The van der Waals surface area contributed by atoms with Gasteiger partial charge in [0.05, 0.1) is 30.7 Å². The van der Waals surface area contributed by atoms with Gasteiger partial charge >= 0.3 is 0 Å². The number of rotatable bonds is 6. The molecule has 1 aromatic carbocycles. The second-order valence-electron chi connectivity index (χ2n) is 12.8. The van der Waals surface area contributed by atoms with Crippen LogP contribution in [0.5, 0.6) is 0 Å². The number of hydrogen-bond acceptors (Lipinski definition) is 9. The summed E-state index contributed by atoms with van der Waals surface area (Å²) in [4.78, 5) is 44.6. The standard InChI is InChI=1S/C33H38N10O3/c1-39-22-34-30(38-39)25-4-2-23(3-5-25)24-8-12-41(13-9-24)28(44)20-40-14-10-33(21-40)11-15-43(32(33)45)27-7-6-26-29(35-27)31(37-36-26)42-16-18-46-19-17-42/h2-8,22H,9-21H2,1H3,(H,36,37)/t33-/m0/s1. The largest absolute Gasteiger partial charge is 0.378 e. The number of nitrogens with zero attached hydrogens (tertiary/aromatic N) is 9. The van der Waals surface area contributed by atoms with Crippen molar-refractivity contribution < 1.29 is 14.3 Å². The zero-order valence-electron chi connectivity index (χ0n) is 26.1. The highest BCUT2D eigenvalue weighted by Gasteiger charge is 2.51. The third kappa shape index (κ3) is 5.22. The number of aromatic amines is 1. The zero-order chi connectivity index (χ0) is 31.3. The molecule has 7 heterocycles. The molecule has 8 rings (SSSR count). The van der Waals surface area contributed by atoms with Crippen LogP contribution in [0.25, 0.3) is 28.0 Å². The Kier molecular flexibility index (Phi) is 7.29. The fourth-order valence-electron chi connectivity index (χ4n) is 7.29. The second-order valence-corrected chi connectivity index (χ2v) is 12.8. The summed E-state index contributed by atoms with van der Waals surface area (Å²) >= 11 is 0. The van der Waals surface area contributed by atoms with Crippen LogP contribution in [0.15, 0.2) is 48.8 Å². The Balaban J connectivity index is 0.882. The first-order chi connectivity index (χ1) is 22.5. The highest BCUT2D eigenvalue weighted by atomic mass is 16.5. The summed E-state index contributed by atoms with van der Waals surface area (Å²) < 4.78 is 7.20. The quantitative estimate of drug-likeness (QED) is 0.345. The van der Waals surface area contributed by atoms with Gasteiger partial charge in [-0.1, -0.05) is 30.3 Å². The maximum absolute atomic E-state index is 13.9. The topological polar surface area (TPSA) is 129 Å². The molecule has 1 spiro atoms. The molecule has 4 aliphatic rings. The number of carbonyl (C=O) groups is 2. The monoisotopic (exact) mass is 622 g/mol. The van der Waals surface area contributed by atoms with E-state index in [0.717, 1.165) is 66.9 Å². The fourth-order valence-corrected chi connectivity index (χ4v) is 7.29. The van der Waals surface area contributed by atoms with Gasteiger partial charge in [-0.05, 0) is 49.1 Å². The molecule has 0 aliphatic carbocycles. The van der Waals surface area contributed by atoms with Crippen molar-refractivity contribution in [1.29, 1.82) is 0 Å². The van der Waals surface area contributed by atoms with Crippen molar-refractivity contribution in [2.24, 2.45) is 12.5 Å². The lowest BCUT2D eigenvalue weighted by Crippen LogP contribution is -2.43. The van der Waals surface area contributed by atoms with Crippen LogP contribution in [-0.2, 0) is 21.4 Å². The Hall–Kier alpha value is -4.62. The molecule has 4 aromatic rings. The fraction of sp³-hybridized carbons (Fsp3) is 0.455. The first-order valence-electron chi connectivity index (χ1n) is 16.1. The van der Waals surface area contributed by atoms with E-state index < -0.39 is 5.41 Å². The van der Waals surface area contributed by atoms with Crippen LogP contribution in [0.3, 0.4) is 0 Å². The number of carbonyl (C=O) groups excluding carboxylic acids is 2. The van der Waals surface area contributed by atoms with Crippen molar-refractivity contribution >= 4 is 40.1 Å². The van der Waals surface area contributed by atoms with Crippen LogP contribution in [0, 0.1) is 5.41 Å². The Labute approximate surface area is 266 Å². The average molecular weight is 623 g/mol. The molecule has 1 N–H and O–H groups in total. The van der Waals surface area contributed by atoms with Gasteiger partial charge in [0.1, 0.15) is 17.7 Å². The molecule has 0 radical (unpaired) electrons. The summed E-state index contributed by atoms with van der Waals surface area (Å²) in [6.45, 7) is 6.45. The van der Waals surface area contributed by atoms with E-state index in [0.29, 0.717) is 57.6 Å². The molecule has 0 unspecified atom stereocenters. The Bertz CT molecular complexity index is 1810. The SMILES string of the molecule is Cn1cnc(-c2ccc(C3=CCN(C(=O)CN4CC[C@]5(CCN(c6ccc7[nH]nc(N8CCOCC8)c7n6)C5=O)C4)CC3)cc2)n1. The number of morpholine rings is 1. The number of pyridine rings is 1. The lowest BCUT2D eigenvalue weighted by Gasteiger charge is -2.29. The van der Waals surface area contributed by atoms with Crippen LogP contribution in [0.4, 0.5) is 11.6 Å². The molecule has 2 amide bonds. The van der Waals surface area contributed by atoms with Crippen LogP contribution in [0.1, 0.15) is 24.8 Å². The van der Waals surface area contributed by atoms with Crippen LogP contribution < -0.4 is 9.80 Å². The first kappa shape index (κ1) is 28.8. The third-order valence-electron chi connectivity index (χ3n) is 9.94. The van der Waals surface area contributed by atoms with Gasteiger partial charge in [-0.2, -0.15) is 10.2 Å². The predicted molar refractivity (Wildman–Crippen MR) is 173 cm³/mol. The molecule has 3 fully saturated rings. The molecule has 3 saturated heterocycles. The molecule has 0 bridgehead atoms. The summed E-state index contributed by atoms with van der Waals surface area (Å²) in [6.07, 6.45) is 6.20. The van der Waals surface area contributed by atoms with Crippen molar-refractivity contribution in [3.8, 4) is 11.4 Å². The summed E-state index contributed by atoms with van der Waals surface area (Å²) in [6, 6.07) is 12.2. The lowest BCUT2D eigenvalue weighted by atomic mass is 9.85. The van der Waals surface area contributed by atoms with E-state index in [9.17, 15) is 9.59 Å². The van der Waals surface area contributed by atoms with Gasteiger partial charge in [0, 0.05) is 51.9 Å². The number of aryl methyl sites for hydroxylation is 1. The van der Waals surface area contributed by atoms with Crippen molar-refractivity contribution in [2.45, 2.75) is 19.3 Å². The van der Waals surface area contributed by atoms with Crippen molar-refractivity contribution in [1.82, 2.24) is 39.7 Å². The summed E-state index contributed by atoms with van der Waals surface area (Å²) in [5.41, 5.74) is 4.57. The number of benzene rings is 1. The van der Waals surface area contributed by atoms with Gasteiger partial charge in [0.15, 0.2) is 11.6 Å². The molecular weight excluding hydrogens is 584 g/mol. The van der Waals surface area contributed by atoms with Gasteiger partial charge < -0.3 is 14.5 Å². The van der Waals surface area contributed by atoms with Gasteiger partial charge in [0.2, 0.25) is 11.8 Å². The number of likely N-dealkylation sites (tertiary alicyclic amines) is 1. The smallest absolute Gasteiger partial charge is 0.237 e. The van der Waals surface area contributed by atoms with Crippen molar-refractivity contribution in [3.63, 3.8) is 0 Å². The Morgan fingerprint density at radius 2 is 1.80 bits per heavy atom. The van der Waals surface area contributed by atoms with E-state index in [1.54, 1.807) is 11.0 Å². The molecule has 238 valence electrons. The van der Waals surface area contributed by atoms with E-state index in [1.165, 1.54) is 5.57 Å². The van der Waals surface area contributed by atoms with Gasteiger partial charge in [-0.15, -0.1) is 0 Å². The van der Waals surface area contributed by atoms with Gasteiger partial charge in [-0.25, -0.2) is 9.97 Å². The molecule has 0 saturated carbocycles. The molecule has 3 aromatic heterocycles. The van der Waals surface area contributed by atoms with Gasteiger partial charge in [-0.3, -0.25) is 29.2 Å². The first-order valence-corrected chi connectivity index (χ1v) is 16.1. The zero-order valence-corrected chi connectivity index (χ0v) is 26.1. The minimum absolute atomic E-state index is 0.112. The van der Waals surface area contributed by atoms with Crippen LogP contribution in [-0.4, -0.2) is 117 Å². The second kappa shape index (κ2) is 11.6. The summed E-state index contributed by atoms with van der Waals surface area (Å²) in [5.74, 6) is 2.42. The lowest BCUT2D eigenvalue weighted by molar-refractivity contribution is -0.132. The number of H-pyrrole nitrogens is 1. The van der Waals surface area contributed by atoms with Crippen LogP contribution >= 0.6 is 0 Å². The number of aromatic nitrogens is 6.